The standard InChI is InChI=1S/C21H28N4O2S/c1-15(2)16-6-8-17(9-7-16)25-20(27)18(19(26)23-21(25)28)14-22-10-13-24-11-4-3-5-12-24/h6-9,14-15,27H,3-5,10-13H2,1-2H3,(H,23,26,28). The molecule has 7 heteroatoms. The second kappa shape index (κ2) is 9.30. The molecule has 1 aliphatic rings. The van der Waals surface area contributed by atoms with Gasteiger partial charge in [0.15, 0.2) is 4.77 Å². The third-order valence-electron chi connectivity index (χ3n) is 5.15. The van der Waals surface area contributed by atoms with Crippen LogP contribution in [0, 0.1) is 4.77 Å². The lowest BCUT2D eigenvalue weighted by molar-refractivity contribution is 0.235. The molecule has 3 rings (SSSR count). The van der Waals surface area contributed by atoms with Crippen LogP contribution >= 0.6 is 12.2 Å². The maximum atomic E-state index is 12.3. The molecular formula is C21H28N4O2S. The molecule has 0 atom stereocenters. The first kappa shape index (κ1) is 20.5. The number of aromatic hydroxyl groups is 1. The SMILES string of the molecule is CC(C)c1ccc(-n2c(O)c(C=NCCN3CCCCC3)c(=O)[nH]c2=S)cc1. The Hall–Kier alpha value is -2.25. The van der Waals surface area contributed by atoms with Crippen molar-refractivity contribution in [2.75, 3.05) is 26.2 Å². The van der Waals surface area contributed by atoms with Crippen LogP contribution in [0.3, 0.4) is 0 Å². The molecule has 1 fully saturated rings. The number of nitrogens with zero attached hydrogens (tertiary/aromatic N) is 3. The van der Waals surface area contributed by atoms with E-state index >= 15 is 0 Å². The summed E-state index contributed by atoms with van der Waals surface area (Å²) < 4.78 is 1.62. The van der Waals surface area contributed by atoms with Crippen molar-refractivity contribution in [3.8, 4) is 11.6 Å². The van der Waals surface area contributed by atoms with E-state index in [0.29, 0.717) is 18.2 Å². The third kappa shape index (κ3) is 4.77. The number of aromatic nitrogens is 2. The zero-order chi connectivity index (χ0) is 20.1. The lowest BCUT2D eigenvalue weighted by Gasteiger charge is -2.25. The largest absolute Gasteiger partial charge is 0.494 e. The highest BCUT2D eigenvalue weighted by molar-refractivity contribution is 7.71. The van der Waals surface area contributed by atoms with Crippen molar-refractivity contribution >= 4 is 18.4 Å². The smallest absolute Gasteiger partial charge is 0.264 e. The minimum atomic E-state index is -0.431. The number of likely N-dealkylation sites (tertiary alicyclic amines) is 1. The molecule has 0 spiro atoms. The molecule has 1 aliphatic heterocycles. The van der Waals surface area contributed by atoms with Gasteiger partial charge in [-0.25, -0.2) is 0 Å². The number of H-pyrrole nitrogens is 1. The zero-order valence-electron chi connectivity index (χ0n) is 16.5. The van der Waals surface area contributed by atoms with Crippen LogP contribution < -0.4 is 5.56 Å². The molecule has 0 radical (unpaired) electrons. The van der Waals surface area contributed by atoms with Gasteiger partial charge in [0.25, 0.3) is 5.56 Å². The fraction of sp³-hybridized carbons (Fsp3) is 0.476. The predicted molar refractivity (Wildman–Crippen MR) is 116 cm³/mol. The molecule has 2 heterocycles. The Labute approximate surface area is 170 Å². The van der Waals surface area contributed by atoms with Gasteiger partial charge < -0.3 is 10.0 Å². The number of nitrogens with one attached hydrogen (secondary N) is 1. The average Bonchev–Trinajstić information content (AvgIpc) is 2.68. The number of rotatable bonds is 6. The molecule has 0 unspecified atom stereocenters. The van der Waals surface area contributed by atoms with Crippen molar-refractivity contribution in [2.24, 2.45) is 4.99 Å². The van der Waals surface area contributed by atoms with Crippen molar-refractivity contribution < 1.29 is 5.11 Å². The van der Waals surface area contributed by atoms with Crippen LogP contribution in [0.5, 0.6) is 5.88 Å². The summed E-state index contributed by atoms with van der Waals surface area (Å²) in [5, 5.41) is 10.7. The number of benzene rings is 1. The fourth-order valence-electron chi connectivity index (χ4n) is 3.44. The molecule has 0 amide bonds. The van der Waals surface area contributed by atoms with Gasteiger partial charge in [0.05, 0.1) is 12.2 Å². The van der Waals surface area contributed by atoms with Crippen molar-refractivity contribution in [1.29, 1.82) is 0 Å². The Bertz CT molecular complexity index is 938. The quantitative estimate of drug-likeness (QED) is 0.574. The van der Waals surface area contributed by atoms with Crippen LogP contribution in [0.2, 0.25) is 0 Å². The molecule has 1 saturated heterocycles. The van der Waals surface area contributed by atoms with E-state index in [4.69, 9.17) is 12.2 Å². The first-order valence-corrected chi connectivity index (χ1v) is 10.3. The summed E-state index contributed by atoms with van der Waals surface area (Å²) in [6.45, 7) is 7.92. The van der Waals surface area contributed by atoms with Gasteiger partial charge in [0, 0.05) is 12.8 Å². The maximum absolute atomic E-state index is 12.3. The molecule has 0 aliphatic carbocycles. The molecule has 28 heavy (non-hydrogen) atoms. The number of piperidine rings is 1. The molecule has 2 N–H and O–H groups in total. The second-order valence-corrected chi connectivity index (χ2v) is 7.90. The Kier molecular flexibility index (Phi) is 6.80. The van der Waals surface area contributed by atoms with E-state index in [1.807, 2.05) is 24.3 Å². The van der Waals surface area contributed by atoms with E-state index in [2.05, 4.69) is 28.7 Å². The van der Waals surface area contributed by atoms with Gasteiger partial charge in [-0.2, -0.15) is 0 Å². The van der Waals surface area contributed by atoms with E-state index in [1.165, 1.54) is 35.6 Å². The fourth-order valence-corrected chi connectivity index (χ4v) is 3.73. The molecule has 2 aromatic rings. The molecule has 0 saturated carbocycles. The van der Waals surface area contributed by atoms with E-state index in [9.17, 15) is 9.90 Å². The van der Waals surface area contributed by atoms with Gasteiger partial charge in [-0.05, 0) is 61.8 Å². The van der Waals surface area contributed by atoms with Crippen molar-refractivity contribution in [2.45, 2.75) is 39.0 Å². The van der Waals surface area contributed by atoms with Crippen molar-refractivity contribution in [3.05, 3.63) is 50.5 Å². The van der Waals surface area contributed by atoms with Crippen LogP contribution in [-0.4, -0.2) is 52.0 Å². The minimum Gasteiger partial charge on any atom is -0.494 e. The number of hydrogen-bond acceptors (Lipinski definition) is 5. The number of aromatic amines is 1. The average molecular weight is 401 g/mol. The summed E-state index contributed by atoms with van der Waals surface area (Å²) in [6, 6.07) is 7.78. The second-order valence-electron chi connectivity index (χ2n) is 7.52. The summed E-state index contributed by atoms with van der Waals surface area (Å²) in [4.78, 5) is 21.7. The van der Waals surface area contributed by atoms with Crippen LogP contribution in [0.25, 0.3) is 5.69 Å². The van der Waals surface area contributed by atoms with Crippen LogP contribution in [0.4, 0.5) is 0 Å². The van der Waals surface area contributed by atoms with Gasteiger partial charge in [-0.1, -0.05) is 32.4 Å². The molecule has 6 nitrogen and oxygen atoms in total. The summed E-state index contributed by atoms with van der Waals surface area (Å²) in [6.07, 6.45) is 5.22. The molecule has 0 bridgehead atoms. The first-order chi connectivity index (χ1) is 13.5. The first-order valence-electron chi connectivity index (χ1n) is 9.88. The highest BCUT2D eigenvalue weighted by Crippen LogP contribution is 2.21. The summed E-state index contributed by atoms with van der Waals surface area (Å²) >= 11 is 5.27. The van der Waals surface area contributed by atoms with Crippen LogP contribution in [0.1, 0.15) is 50.2 Å². The Morgan fingerprint density at radius 1 is 1.21 bits per heavy atom. The lowest BCUT2D eigenvalue weighted by Crippen LogP contribution is -2.31. The van der Waals surface area contributed by atoms with E-state index < -0.39 is 5.56 Å². The number of aliphatic imine (C=N–C) groups is 1. The van der Waals surface area contributed by atoms with Crippen LogP contribution in [-0.2, 0) is 0 Å². The number of hydrogen-bond donors (Lipinski definition) is 2. The van der Waals surface area contributed by atoms with Crippen molar-refractivity contribution in [1.82, 2.24) is 14.5 Å². The summed E-state index contributed by atoms with van der Waals surface area (Å²) in [7, 11) is 0. The summed E-state index contributed by atoms with van der Waals surface area (Å²) in [5.41, 5.74) is 1.59. The van der Waals surface area contributed by atoms with Crippen LogP contribution in [0.15, 0.2) is 34.1 Å². The maximum Gasteiger partial charge on any atom is 0.264 e. The van der Waals surface area contributed by atoms with E-state index in [1.54, 1.807) is 0 Å². The lowest BCUT2D eigenvalue weighted by atomic mass is 10.0. The topological polar surface area (TPSA) is 73.6 Å². The van der Waals surface area contributed by atoms with Gasteiger partial charge in [0.2, 0.25) is 5.88 Å². The Balaban J connectivity index is 1.82. The minimum absolute atomic E-state index is 0.125. The van der Waals surface area contributed by atoms with Gasteiger partial charge in [-0.3, -0.25) is 19.3 Å². The van der Waals surface area contributed by atoms with E-state index in [-0.39, 0.29) is 16.2 Å². The Morgan fingerprint density at radius 2 is 1.89 bits per heavy atom. The molecule has 1 aromatic carbocycles. The summed E-state index contributed by atoms with van der Waals surface area (Å²) in [5.74, 6) is 0.224. The molecule has 1 aromatic heterocycles. The monoisotopic (exact) mass is 400 g/mol. The molecular weight excluding hydrogens is 372 g/mol. The van der Waals surface area contributed by atoms with Gasteiger partial charge >= 0.3 is 0 Å². The normalized spacial score (nSPS) is 15.5. The Morgan fingerprint density at radius 3 is 2.54 bits per heavy atom. The highest BCUT2D eigenvalue weighted by atomic mass is 32.1. The van der Waals surface area contributed by atoms with E-state index in [0.717, 1.165) is 19.6 Å². The van der Waals surface area contributed by atoms with Gasteiger partial charge in [0.1, 0.15) is 5.56 Å². The van der Waals surface area contributed by atoms with Crippen molar-refractivity contribution in [3.63, 3.8) is 0 Å². The van der Waals surface area contributed by atoms with Gasteiger partial charge in [-0.15, -0.1) is 0 Å². The highest BCUT2D eigenvalue weighted by Gasteiger charge is 2.13. The molecule has 150 valence electrons. The zero-order valence-corrected chi connectivity index (χ0v) is 17.3. The predicted octanol–water partition coefficient (Wildman–Crippen LogP) is 3.63. The third-order valence-corrected chi connectivity index (χ3v) is 5.44.